The number of aliphatic hydroxyl groups is 1. The minimum Gasteiger partial charge on any atom is -0.488 e. The van der Waals surface area contributed by atoms with Crippen molar-refractivity contribution in [3.63, 3.8) is 0 Å². The van der Waals surface area contributed by atoms with Gasteiger partial charge in [0, 0.05) is 41.8 Å². The molecule has 0 aromatic heterocycles. The normalized spacial score (nSPS) is 19.2. The van der Waals surface area contributed by atoms with Gasteiger partial charge in [0.05, 0.1) is 24.0 Å². The number of amides is 1. The van der Waals surface area contributed by atoms with E-state index in [1.165, 1.54) is 24.3 Å². The zero-order chi connectivity index (χ0) is 30.7. The molecule has 0 saturated heterocycles. The minimum absolute atomic E-state index is 0.0112. The fourth-order valence-electron chi connectivity index (χ4n) is 5.26. The number of hydrogen-bond donors (Lipinski definition) is 2. The molecule has 230 valence electrons. The van der Waals surface area contributed by atoms with Crippen LogP contribution in [0.5, 0.6) is 17.2 Å². The molecule has 3 aromatic carbocycles. The SMILES string of the molecule is C[C@@H]1CN([C@@H](C)CO)C(=O)Cc2cc(NS(=O)(=O)c3ccc(Cl)cc3)ccc2O[C@@H]1CN(C)Cc1ccc2c(c1)OCO2. The molecule has 2 heterocycles. The molecule has 0 spiro atoms. The summed E-state index contributed by atoms with van der Waals surface area (Å²) in [4.78, 5) is 17.4. The molecule has 2 aliphatic rings. The summed E-state index contributed by atoms with van der Waals surface area (Å²) in [7, 11) is -1.89. The second-order valence-electron chi connectivity index (χ2n) is 11.2. The number of fused-ring (bicyclic) bond motifs is 2. The van der Waals surface area contributed by atoms with E-state index < -0.39 is 16.1 Å². The van der Waals surface area contributed by atoms with Crippen molar-refractivity contribution >= 4 is 33.2 Å². The number of halogens is 1. The van der Waals surface area contributed by atoms with Gasteiger partial charge in [-0.15, -0.1) is 0 Å². The summed E-state index contributed by atoms with van der Waals surface area (Å²) < 4.78 is 46.2. The molecule has 12 heteroatoms. The van der Waals surface area contributed by atoms with E-state index in [-0.39, 0.29) is 42.6 Å². The van der Waals surface area contributed by atoms with Crippen LogP contribution in [-0.2, 0) is 27.8 Å². The Labute approximate surface area is 257 Å². The molecule has 1 amide bonds. The molecule has 2 aliphatic heterocycles. The van der Waals surface area contributed by atoms with Crippen LogP contribution in [0.3, 0.4) is 0 Å². The molecule has 0 unspecified atom stereocenters. The zero-order valence-electron chi connectivity index (χ0n) is 24.3. The highest BCUT2D eigenvalue weighted by Gasteiger charge is 2.31. The van der Waals surface area contributed by atoms with Crippen LogP contribution < -0.4 is 18.9 Å². The largest absolute Gasteiger partial charge is 0.488 e. The Morgan fingerprint density at radius 1 is 1.07 bits per heavy atom. The van der Waals surface area contributed by atoms with Crippen molar-refractivity contribution in [2.45, 2.75) is 43.9 Å². The predicted molar refractivity (Wildman–Crippen MR) is 163 cm³/mol. The molecule has 3 atom stereocenters. The van der Waals surface area contributed by atoms with Gasteiger partial charge in [0.1, 0.15) is 11.9 Å². The van der Waals surface area contributed by atoms with E-state index in [1.807, 2.05) is 39.1 Å². The molecule has 43 heavy (non-hydrogen) atoms. The second kappa shape index (κ2) is 13.0. The molecule has 0 radical (unpaired) electrons. The maximum atomic E-state index is 13.5. The van der Waals surface area contributed by atoms with Crippen molar-refractivity contribution < 1.29 is 32.5 Å². The Morgan fingerprint density at radius 3 is 2.53 bits per heavy atom. The first-order chi connectivity index (χ1) is 20.5. The summed E-state index contributed by atoms with van der Waals surface area (Å²) in [5.41, 5.74) is 1.91. The lowest BCUT2D eigenvalue weighted by Gasteiger charge is -2.34. The van der Waals surface area contributed by atoms with Gasteiger partial charge >= 0.3 is 0 Å². The molecule has 3 aromatic rings. The van der Waals surface area contributed by atoms with Crippen molar-refractivity contribution in [3.05, 3.63) is 76.8 Å². The molecule has 0 fully saturated rings. The molecular weight excluding hydrogens is 594 g/mol. The lowest BCUT2D eigenvalue weighted by molar-refractivity contribution is -0.134. The second-order valence-corrected chi connectivity index (χ2v) is 13.3. The van der Waals surface area contributed by atoms with Crippen molar-refractivity contribution in [1.82, 2.24) is 9.80 Å². The average Bonchev–Trinajstić information content (AvgIpc) is 3.45. The van der Waals surface area contributed by atoms with Gasteiger partial charge in [0.25, 0.3) is 10.0 Å². The third-order valence-corrected chi connectivity index (χ3v) is 9.32. The minimum atomic E-state index is -3.89. The zero-order valence-corrected chi connectivity index (χ0v) is 25.9. The predicted octanol–water partition coefficient (Wildman–Crippen LogP) is 4.15. The van der Waals surface area contributed by atoms with Gasteiger partial charge in [-0.05, 0) is 74.1 Å². The van der Waals surface area contributed by atoms with Crippen LogP contribution in [0.25, 0.3) is 0 Å². The first-order valence-corrected chi connectivity index (χ1v) is 15.9. The first kappa shape index (κ1) is 30.9. The number of hydrogen-bond acceptors (Lipinski definition) is 8. The lowest BCUT2D eigenvalue weighted by atomic mass is 10.0. The molecule has 0 bridgehead atoms. The summed E-state index contributed by atoms with van der Waals surface area (Å²) in [6.07, 6.45) is -0.323. The fourth-order valence-corrected chi connectivity index (χ4v) is 6.44. The van der Waals surface area contributed by atoms with Gasteiger partial charge in [-0.3, -0.25) is 14.4 Å². The quantitative estimate of drug-likeness (QED) is 0.363. The van der Waals surface area contributed by atoms with Gasteiger partial charge in [-0.1, -0.05) is 24.6 Å². The van der Waals surface area contributed by atoms with Crippen LogP contribution in [0.2, 0.25) is 5.02 Å². The standard InChI is InChI=1S/C31H36ClN3O7S/c1-20-15-35(21(2)18-36)31(37)14-23-13-25(33-43(38,39)26-8-5-24(32)6-9-26)7-11-27(23)42-30(20)17-34(3)16-22-4-10-28-29(12-22)41-19-40-28/h4-13,20-21,30,33,36H,14-19H2,1-3H3/t20-,21+,30-/m1/s1. The van der Waals surface area contributed by atoms with Crippen LogP contribution >= 0.6 is 11.6 Å². The first-order valence-electron chi connectivity index (χ1n) is 14.1. The van der Waals surface area contributed by atoms with Crippen LogP contribution in [0.4, 0.5) is 5.69 Å². The number of carbonyl (C=O) groups is 1. The van der Waals surface area contributed by atoms with E-state index in [2.05, 4.69) is 9.62 Å². The Kier molecular flexibility index (Phi) is 9.36. The van der Waals surface area contributed by atoms with Crippen molar-refractivity contribution in [1.29, 1.82) is 0 Å². The topological polar surface area (TPSA) is 118 Å². The number of likely N-dealkylation sites (N-methyl/N-ethyl adjacent to an activating group) is 1. The molecule has 10 nitrogen and oxygen atoms in total. The summed E-state index contributed by atoms with van der Waals surface area (Å²) in [5, 5.41) is 10.3. The van der Waals surface area contributed by atoms with Gasteiger partial charge in [0.15, 0.2) is 11.5 Å². The van der Waals surface area contributed by atoms with E-state index in [0.717, 1.165) is 17.1 Å². The number of ether oxygens (including phenoxy) is 3. The maximum absolute atomic E-state index is 13.5. The van der Waals surface area contributed by atoms with Gasteiger partial charge in [0.2, 0.25) is 12.7 Å². The van der Waals surface area contributed by atoms with E-state index in [9.17, 15) is 18.3 Å². The van der Waals surface area contributed by atoms with Gasteiger partial charge in [-0.25, -0.2) is 8.42 Å². The fraction of sp³-hybridized carbons (Fsp3) is 0.387. The van der Waals surface area contributed by atoms with Crippen LogP contribution in [0.15, 0.2) is 65.6 Å². The Morgan fingerprint density at radius 2 is 1.79 bits per heavy atom. The third-order valence-electron chi connectivity index (χ3n) is 7.67. The number of benzene rings is 3. The van der Waals surface area contributed by atoms with Gasteiger partial charge < -0.3 is 24.2 Å². The van der Waals surface area contributed by atoms with Gasteiger partial charge in [-0.2, -0.15) is 0 Å². The molecule has 2 N–H and O–H groups in total. The third kappa shape index (κ3) is 7.35. The van der Waals surface area contributed by atoms with Crippen LogP contribution in [0, 0.1) is 5.92 Å². The number of sulfonamides is 1. The monoisotopic (exact) mass is 629 g/mol. The van der Waals surface area contributed by atoms with Crippen LogP contribution in [-0.4, -0.2) is 74.9 Å². The number of anilines is 1. The lowest BCUT2D eigenvalue weighted by Crippen LogP contribution is -2.47. The molecule has 5 rings (SSSR count). The maximum Gasteiger partial charge on any atom is 0.261 e. The molecule has 0 aliphatic carbocycles. The average molecular weight is 630 g/mol. The molecular formula is C31H36ClN3O7S. The number of aliphatic hydroxyl groups excluding tert-OH is 1. The Bertz CT molecular complexity index is 1570. The summed E-state index contributed by atoms with van der Waals surface area (Å²) >= 11 is 5.92. The number of rotatable bonds is 9. The Hall–Kier alpha value is -3.51. The Balaban J connectivity index is 1.40. The highest BCUT2D eigenvalue weighted by atomic mass is 35.5. The molecule has 0 saturated carbocycles. The summed E-state index contributed by atoms with van der Waals surface area (Å²) in [5.74, 6) is 1.71. The van der Waals surface area contributed by atoms with Crippen LogP contribution in [0.1, 0.15) is 25.0 Å². The highest BCUT2D eigenvalue weighted by Crippen LogP contribution is 2.33. The number of nitrogens with one attached hydrogen (secondary N) is 1. The summed E-state index contributed by atoms with van der Waals surface area (Å²) in [6, 6.07) is 16.3. The highest BCUT2D eigenvalue weighted by molar-refractivity contribution is 7.92. The van der Waals surface area contributed by atoms with Crippen molar-refractivity contribution in [2.24, 2.45) is 5.92 Å². The summed E-state index contributed by atoms with van der Waals surface area (Å²) in [6.45, 7) is 5.46. The smallest absolute Gasteiger partial charge is 0.261 e. The van der Waals surface area contributed by atoms with Crippen molar-refractivity contribution in [2.75, 3.05) is 38.3 Å². The van der Waals surface area contributed by atoms with Crippen molar-refractivity contribution in [3.8, 4) is 17.2 Å². The number of nitrogens with zero attached hydrogens (tertiary/aromatic N) is 2. The van der Waals surface area contributed by atoms with E-state index in [1.54, 1.807) is 23.1 Å². The van der Waals surface area contributed by atoms with E-state index in [0.29, 0.717) is 41.7 Å². The van der Waals surface area contributed by atoms with E-state index >= 15 is 0 Å². The number of carbonyl (C=O) groups excluding carboxylic acids is 1. The van der Waals surface area contributed by atoms with E-state index in [4.69, 9.17) is 25.8 Å².